The molecule has 1 saturated heterocycles. The quantitative estimate of drug-likeness (QED) is 0.603. The normalized spacial score (nSPS) is 22.4. The second kappa shape index (κ2) is 4.85. The topological polar surface area (TPSA) is 63.7 Å². The fraction of sp³-hybridized carbons (Fsp3) is 0.750. The van der Waals surface area contributed by atoms with Crippen LogP contribution >= 0.6 is 0 Å². The third-order valence-corrected chi connectivity index (χ3v) is 2.53. The van der Waals surface area contributed by atoms with E-state index in [1.54, 1.807) is 27.7 Å². The maximum atomic E-state index is 11.9. The SMILES string of the molecule is CC1CC(=O)C(=O)CCN1C(=O)OC(C)(C)C. The van der Waals surface area contributed by atoms with Gasteiger partial charge in [-0.05, 0) is 27.7 Å². The Balaban J connectivity index is 2.73. The van der Waals surface area contributed by atoms with Crippen molar-refractivity contribution in [1.29, 1.82) is 0 Å². The van der Waals surface area contributed by atoms with Crippen LogP contribution in [-0.2, 0) is 14.3 Å². The van der Waals surface area contributed by atoms with E-state index in [0.717, 1.165) is 0 Å². The Morgan fingerprint density at radius 2 is 1.88 bits per heavy atom. The first-order chi connectivity index (χ1) is 7.70. The zero-order chi connectivity index (χ0) is 13.2. The minimum atomic E-state index is -0.572. The second-order valence-electron chi connectivity index (χ2n) is 5.32. The third-order valence-electron chi connectivity index (χ3n) is 2.53. The summed E-state index contributed by atoms with van der Waals surface area (Å²) in [5.41, 5.74) is -0.572. The lowest BCUT2D eigenvalue weighted by molar-refractivity contribution is -0.136. The zero-order valence-electron chi connectivity index (χ0n) is 10.8. The van der Waals surface area contributed by atoms with Gasteiger partial charge in [-0.1, -0.05) is 0 Å². The molecule has 5 heteroatoms. The summed E-state index contributed by atoms with van der Waals surface area (Å²) in [6.07, 6.45) is -0.298. The van der Waals surface area contributed by atoms with Crippen molar-refractivity contribution in [2.75, 3.05) is 6.54 Å². The number of nitrogens with zero attached hydrogens (tertiary/aromatic N) is 1. The number of rotatable bonds is 0. The van der Waals surface area contributed by atoms with Crippen LogP contribution in [0.2, 0.25) is 0 Å². The first-order valence-electron chi connectivity index (χ1n) is 5.76. The predicted molar refractivity (Wildman–Crippen MR) is 61.7 cm³/mol. The van der Waals surface area contributed by atoms with E-state index in [9.17, 15) is 14.4 Å². The average molecular weight is 241 g/mol. The molecule has 0 saturated carbocycles. The maximum absolute atomic E-state index is 11.9. The molecule has 0 aromatic heterocycles. The summed E-state index contributed by atoms with van der Waals surface area (Å²) < 4.78 is 5.24. The number of Topliss-reactive ketones (excluding diaryl/α,β-unsaturated/α-hetero) is 2. The summed E-state index contributed by atoms with van der Waals surface area (Å²) in [6, 6.07) is -0.288. The van der Waals surface area contributed by atoms with Gasteiger partial charge in [0.15, 0.2) is 11.6 Å². The minimum absolute atomic E-state index is 0.0814. The molecule has 0 aromatic carbocycles. The van der Waals surface area contributed by atoms with E-state index in [4.69, 9.17) is 4.74 Å². The van der Waals surface area contributed by atoms with Crippen LogP contribution in [0.15, 0.2) is 0 Å². The van der Waals surface area contributed by atoms with E-state index in [-0.39, 0.29) is 25.4 Å². The number of ketones is 2. The van der Waals surface area contributed by atoms with Gasteiger partial charge in [0.2, 0.25) is 0 Å². The molecule has 0 radical (unpaired) electrons. The highest BCUT2D eigenvalue weighted by molar-refractivity contribution is 6.37. The lowest BCUT2D eigenvalue weighted by Gasteiger charge is -2.29. The Kier molecular flexibility index (Phi) is 3.91. The largest absolute Gasteiger partial charge is 0.444 e. The van der Waals surface area contributed by atoms with Crippen molar-refractivity contribution in [2.45, 2.75) is 52.2 Å². The fourth-order valence-corrected chi connectivity index (χ4v) is 1.67. The van der Waals surface area contributed by atoms with E-state index in [2.05, 4.69) is 0 Å². The van der Waals surface area contributed by atoms with Crippen LogP contribution in [0.25, 0.3) is 0 Å². The van der Waals surface area contributed by atoms with Gasteiger partial charge >= 0.3 is 6.09 Å². The molecule has 1 heterocycles. The van der Waals surface area contributed by atoms with Gasteiger partial charge < -0.3 is 9.64 Å². The van der Waals surface area contributed by atoms with Crippen molar-refractivity contribution < 1.29 is 19.1 Å². The molecule has 1 rings (SSSR count). The molecule has 0 spiro atoms. The molecule has 1 aliphatic rings. The molecule has 0 aromatic rings. The molecular formula is C12H19NO4. The van der Waals surface area contributed by atoms with Crippen LogP contribution in [0.4, 0.5) is 4.79 Å². The third kappa shape index (κ3) is 3.84. The van der Waals surface area contributed by atoms with Crippen LogP contribution in [0.5, 0.6) is 0 Å². The van der Waals surface area contributed by atoms with Gasteiger partial charge in [0.1, 0.15) is 5.60 Å². The molecule has 1 atom stereocenters. The second-order valence-corrected chi connectivity index (χ2v) is 5.32. The van der Waals surface area contributed by atoms with E-state index >= 15 is 0 Å². The fourth-order valence-electron chi connectivity index (χ4n) is 1.67. The molecule has 0 bridgehead atoms. The van der Waals surface area contributed by atoms with E-state index in [1.807, 2.05) is 0 Å². The van der Waals surface area contributed by atoms with Crippen molar-refractivity contribution in [3.05, 3.63) is 0 Å². The number of carbonyl (C=O) groups excluding carboxylic acids is 3. The Morgan fingerprint density at radius 3 is 2.41 bits per heavy atom. The van der Waals surface area contributed by atoms with Crippen molar-refractivity contribution in [3.63, 3.8) is 0 Å². The highest BCUT2D eigenvalue weighted by Gasteiger charge is 2.32. The molecule has 17 heavy (non-hydrogen) atoms. The Labute approximate surface area is 101 Å². The van der Waals surface area contributed by atoms with E-state index in [1.165, 1.54) is 4.90 Å². The molecule has 1 fully saturated rings. The standard InChI is InChI=1S/C12H19NO4/c1-8-7-10(15)9(14)5-6-13(8)11(16)17-12(2,3)4/h8H,5-7H2,1-4H3. The van der Waals surface area contributed by atoms with Gasteiger partial charge in [0, 0.05) is 25.4 Å². The molecule has 5 nitrogen and oxygen atoms in total. The van der Waals surface area contributed by atoms with E-state index < -0.39 is 23.3 Å². The van der Waals surface area contributed by atoms with Gasteiger partial charge in [0.25, 0.3) is 0 Å². The molecular weight excluding hydrogens is 222 g/mol. The first kappa shape index (κ1) is 13.7. The molecule has 1 aliphatic heterocycles. The van der Waals surface area contributed by atoms with Gasteiger partial charge in [-0.15, -0.1) is 0 Å². The van der Waals surface area contributed by atoms with Crippen molar-refractivity contribution in [2.24, 2.45) is 0 Å². The summed E-state index contributed by atoms with van der Waals surface area (Å²) in [5.74, 6) is -0.800. The van der Waals surface area contributed by atoms with Gasteiger partial charge in [-0.2, -0.15) is 0 Å². The Hall–Kier alpha value is -1.39. The maximum Gasteiger partial charge on any atom is 0.410 e. The highest BCUT2D eigenvalue weighted by Crippen LogP contribution is 2.16. The molecule has 1 unspecified atom stereocenters. The summed E-state index contributed by atoms with van der Waals surface area (Å²) in [6.45, 7) is 7.35. The van der Waals surface area contributed by atoms with Crippen LogP contribution in [0.3, 0.4) is 0 Å². The first-order valence-corrected chi connectivity index (χ1v) is 5.76. The number of hydrogen-bond donors (Lipinski definition) is 0. The number of ether oxygens (including phenoxy) is 1. The Morgan fingerprint density at radius 1 is 1.29 bits per heavy atom. The van der Waals surface area contributed by atoms with Crippen LogP contribution < -0.4 is 0 Å². The molecule has 0 N–H and O–H groups in total. The van der Waals surface area contributed by atoms with Crippen molar-refractivity contribution in [1.82, 2.24) is 4.90 Å². The summed E-state index contributed by atoms with van der Waals surface area (Å²) in [5, 5.41) is 0. The van der Waals surface area contributed by atoms with Crippen molar-refractivity contribution in [3.8, 4) is 0 Å². The summed E-state index contributed by atoms with van der Waals surface area (Å²) in [4.78, 5) is 36.0. The number of likely N-dealkylation sites (tertiary alicyclic amines) is 1. The minimum Gasteiger partial charge on any atom is -0.444 e. The number of amides is 1. The van der Waals surface area contributed by atoms with Gasteiger partial charge in [-0.3, -0.25) is 9.59 Å². The summed E-state index contributed by atoms with van der Waals surface area (Å²) >= 11 is 0. The zero-order valence-corrected chi connectivity index (χ0v) is 10.8. The van der Waals surface area contributed by atoms with Crippen LogP contribution in [0, 0.1) is 0 Å². The van der Waals surface area contributed by atoms with Crippen molar-refractivity contribution >= 4 is 17.7 Å². The van der Waals surface area contributed by atoms with Gasteiger partial charge in [0.05, 0.1) is 0 Å². The van der Waals surface area contributed by atoms with Crippen LogP contribution in [0.1, 0.15) is 40.5 Å². The lowest BCUT2D eigenvalue weighted by Crippen LogP contribution is -2.42. The van der Waals surface area contributed by atoms with E-state index in [0.29, 0.717) is 0 Å². The number of hydrogen-bond acceptors (Lipinski definition) is 4. The molecule has 0 aliphatic carbocycles. The summed E-state index contributed by atoms with van der Waals surface area (Å²) in [7, 11) is 0. The highest BCUT2D eigenvalue weighted by atomic mass is 16.6. The van der Waals surface area contributed by atoms with Gasteiger partial charge in [-0.25, -0.2) is 4.79 Å². The predicted octanol–water partition coefficient (Wildman–Crippen LogP) is 1.54. The molecule has 1 amide bonds. The monoisotopic (exact) mass is 241 g/mol. The average Bonchev–Trinajstić information content (AvgIpc) is 2.24. The number of carbonyl (C=O) groups is 3. The lowest BCUT2D eigenvalue weighted by atomic mass is 10.1. The smallest absolute Gasteiger partial charge is 0.410 e. The molecule has 96 valence electrons. The van der Waals surface area contributed by atoms with Crippen LogP contribution in [-0.4, -0.2) is 40.7 Å². The Bertz CT molecular complexity index is 343.